The fourth-order valence-electron chi connectivity index (χ4n) is 3.85. The maximum absolute atomic E-state index is 12.2. The molecule has 0 radical (unpaired) electrons. The summed E-state index contributed by atoms with van der Waals surface area (Å²) in [6.07, 6.45) is 0.821. The number of morpholine rings is 1. The maximum atomic E-state index is 12.2. The van der Waals surface area contributed by atoms with Crippen LogP contribution in [-0.2, 0) is 16.0 Å². The molecular formula is C16H25N5O3S. The molecular weight excluding hydrogens is 342 g/mol. The summed E-state index contributed by atoms with van der Waals surface area (Å²) in [6.45, 7) is 9.79. The Labute approximate surface area is 151 Å². The third-order valence-electron chi connectivity index (χ3n) is 5.10. The third kappa shape index (κ3) is 3.94. The Morgan fingerprint density at radius 2 is 2.00 bits per heavy atom. The summed E-state index contributed by atoms with van der Waals surface area (Å²) in [5.74, 6) is 0. The Morgan fingerprint density at radius 1 is 1.16 bits per heavy atom. The summed E-state index contributed by atoms with van der Waals surface area (Å²) in [5, 5.41) is 10.3. The number of hydrogen-bond acceptors (Lipinski definition) is 8. The second-order valence-corrected chi connectivity index (χ2v) is 8.17. The van der Waals surface area contributed by atoms with Crippen molar-refractivity contribution in [3.8, 4) is 0 Å². The number of hydrogen-bond donors (Lipinski definition) is 0. The van der Waals surface area contributed by atoms with Gasteiger partial charge in [0.1, 0.15) is 16.1 Å². The van der Waals surface area contributed by atoms with Gasteiger partial charge < -0.3 is 14.4 Å². The standard InChI is InChI=1S/C16H25N5O3S/c1-12-17-18-15(25-12)11-20-9-13-14(10-20)24-16(22)21(13)4-2-3-19-5-7-23-8-6-19/h13-14H,2-11H2,1H3/t13-,14+/m0/s1. The Bertz CT molecular complexity index is 606. The molecule has 0 bridgehead atoms. The van der Waals surface area contributed by atoms with E-state index >= 15 is 0 Å². The lowest BCUT2D eigenvalue weighted by molar-refractivity contribution is 0.0362. The van der Waals surface area contributed by atoms with E-state index in [2.05, 4.69) is 20.0 Å². The van der Waals surface area contributed by atoms with Crippen molar-refractivity contribution in [1.82, 2.24) is 24.9 Å². The van der Waals surface area contributed by atoms with Crippen LogP contribution in [0.2, 0.25) is 0 Å². The first-order chi connectivity index (χ1) is 12.2. The van der Waals surface area contributed by atoms with Gasteiger partial charge in [-0.3, -0.25) is 9.80 Å². The molecule has 3 aliphatic rings. The van der Waals surface area contributed by atoms with E-state index in [1.807, 2.05) is 11.8 Å². The highest BCUT2D eigenvalue weighted by molar-refractivity contribution is 7.11. The first kappa shape index (κ1) is 17.1. The van der Waals surface area contributed by atoms with Crippen molar-refractivity contribution in [2.45, 2.75) is 32.0 Å². The number of carbonyl (C=O) groups is 1. The van der Waals surface area contributed by atoms with Crippen molar-refractivity contribution >= 4 is 17.4 Å². The van der Waals surface area contributed by atoms with Gasteiger partial charge in [0, 0.05) is 39.3 Å². The van der Waals surface area contributed by atoms with Crippen LogP contribution in [0.15, 0.2) is 0 Å². The number of likely N-dealkylation sites (tertiary alicyclic amines) is 1. The summed E-state index contributed by atoms with van der Waals surface area (Å²) in [4.78, 5) is 18.8. The third-order valence-corrected chi connectivity index (χ3v) is 5.93. The first-order valence-electron chi connectivity index (χ1n) is 8.98. The topological polar surface area (TPSA) is 71.0 Å². The van der Waals surface area contributed by atoms with Gasteiger partial charge in [-0.1, -0.05) is 0 Å². The van der Waals surface area contributed by atoms with Crippen molar-refractivity contribution in [3.05, 3.63) is 10.0 Å². The molecule has 1 aromatic rings. The monoisotopic (exact) mass is 367 g/mol. The number of fused-ring (bicyclic) bond motifs is 1. The molecule has 2 atom stereocenters. The fraction of sp³-hybridized carbons (Fsp3) is 0.812. The Balaban J connectivity index is 1.27. The van der Waals surface area contributed by atoms with Gasteiger partial charge in [-0.05, 0) is 13.3 Å². The number of aromatic nitrogens is 2. The molecule has 3 fully saturated rings. The fourth-order valence-corrected chi connectivity index (χ4v) is 4.60. The molecule has 4 rings (SSSR count). The zero-order chi connectivity index (χ0) is 17.2. The molecule has 3 aliphatic heterocycles. The SMILES string of the molecule is Cc1nnc(CN2C[C@H]3OC(=O)N(CCCN4CCOCC4)[C@H]3C2)s1. The lowest BCUT2D eigenvalue weighted by atomic mass is 10.2. The number of rotatable bonds is 6. The van der Waals surface area contributed by atoms with E-state index in [4.69, 9.17) is 9.47 Å². The molecule has 0 saturated carbocycles. The molecule has 0 unspecified atom stereocenters. The summed E-state index contributed by atoms with van der Waals surface area (Å²) >= 11 is 1.63. The van der Waals surface area contributed by atoms with Crippen LogP contribution in [0.1, 0.15) is 16.4 Å². The molecule has 0 spiro atoms. The molecule has 138 valence electrons. The largest absolute Gasteiger partial charge is 0.442 e. The van der Waals surface area contributed by atoms with E-state index in [1.54, 1.807) is 11.3 Å². The van der Waals surface area contributed by atoms with Crippen molar-refractivity contribution < 1.29 is 14.3 Å². The number of nitrogens with zero attached hydrogens (tertiary/aromatic N) is 5. The summed E-state index contributed by atoms with van der Waals surface area (Å²) < 4.78 is 11.0. The van der Waals surface area contributed by atoms with Crippen LogP contribution >= 0.6 is 11.3 Å². The highest BCUT2D eigenvalue weighted by Crippen LogP contribution is 2.28. The van der Waals surface area contributed by atoms with E-state index in [0.29, 0.717) is 0 Å². The molecule has 1 aromatic heterocycles. The highest BCUT2D eigenvalue weighted by atomic mass is 32.1. The quantitative estimate of drug-likeness (QED) is 0.728. The highest BCUT2D eigenvalue weighted by Gasteiger charge is 2.47. The van der Waals surface area contributed by atoms with Crippen molar-refractivity contribution in [2.24, 2.45) is 0 Å². The van der Waals surface area contributed by atoms with Crippen LogP contribution < -0.4 is 0 Å². The van der Waals surface area contributed by atoms with E-state index in [0.717, 1.165) is 75.5 Å². The Hall–Kier alpha value is -1.29. The normalized spacial score (nSPS) is 27.7. The molecule has 25 heavy (non-hydrogen) atoms. The Morgan fingerprint density at radius 3 is 2.76 bits per heavy atom. The van der Waals surface area contributed by atoms with E-state index in [1.165, 1.54) is 0 Å². The van der Waals surface area contributed by atoms with Gasteiger partial charge in [0.2, 0.25) is 0 Å². The summed E-state index contributed by atoms with van der Waals surface area (Å²) in [7, 11) is 0. The molecule has 3 saturated heterocycles. The number of amides is 1. The first-order valence-corrected chi connectivity index (χ1v) is 9.79. The van der Waals surface area contributed by atoms with Crippen LogP contribution in [0.5, 0.6) is 0 Å². The molecule has 9 heteroatoms. The van der Waals surface area contributed by atoms with Crippen LogP contribution in [-0.4, -0.2) is 95.6 Å². The minimum atomic E-state index is -0.150. The second kappa shape index (κ2) is 7.53. The van der Waals surface area contributed by atoms with Gasteiger partial charge in [0.15, 0.2) is 0 Å². The van der Waals surface area contributed by atoms with Crippen molar-refractivity contribution in [2.75, 3.05) is 52.5 Å². The van der Waals surface area contributed by atoms with Gasteiger partial charge in [-0.2, -0.15) is 0 Å². The van der Waals surface area contributed by atoms with Crippen LogP contribution in [0.3, 0.4) is 0 Å². The van der Waals surface area contributed by atoms with Crippen LogP contribution in [0.25, 0.3) is 0 Å². The number of aryl methyl sites for hydroxylation is 1. The molecule has 0 aromatic carbocycles. The van der Waals surface area contributed by atoms with Gasteiger partial charge >= 0.3 is 6.09 Å². The summed E-state index contributed by atoms with van der Waals surface area (Å²) in [5.41, 5.74) is 0. The number of carbonyl (C=O) groups excluding carboxylic acids is 1. The minimum absolute atomic E-state index is 0.00935. The van der Waals surface area contributed by atoms with E-state index < -0.39 is 0 Å². The second-order valence-electron chi connectivity index (χ2n) is 6.90. The Kier molecular flexibility index (Phi) is 5.16. The van der Waals surface area contributed by atoms with Gasteiger partial charge in [-0.25, -0.2) is 4.79 Å². The maximum Gasteiger partial charge on any atom is 0.410 e. The molecule has 0 N–H and O–H groups in total. The average molecular weight is 367 g/mol. The predicted molar refractivity (Wildman–Crippen MR) is 92.6 cm³/mol. The number of ether oxygens (including phenoxy) is 2. The van der Waals surface area contributed by atoms with Crippen molar-refractivity contribution in [3.63, 3.8) is 0 Å². The average Bonchev–Trinajstić information content (AvgIpc) is 3.25. The lowest BCUT2D eigenvalue weighted by Crippen LogP contribution is -2.41. The molecule has 4 heterocycles. The molecule has 8 nitrogen and oxygen atoms in total. The predicted octanol–water partition coefficient (Wildman–Crippen LogP) is 0.574. The van der Waals surface area contributed by atoms with Crippen LogP contribution in [0.4, 0.5) is 4.79 Å². The lowest BCUT2D eigenvalue weighted by Gasteiger charge is -2.28. The van der Waals surface area contributed by atoms with E-state index in [9.17, 15) is 4.79 Å². The minimum Gasteiger partial charge on any atom is -0.442 e. The molecule has 1 amide bonds. The van der Waals surface area contributed by atoms with E-state index in [-0.39, 0.29) is 18.2 Å². The van der Waals surface area contributed by atoms with Gasteiger partial charge in [0.25, 0.3) is 0 Å². The summed E-state index contributed by atoms with van der Waals surface area (Å²) in [6, 6.07) is 0.172. The van der Waals surface area contributed by atoms with Gasteiger partial charge in [-0.15, -0.1) is 21.5 Å². The smallest absolute Gasteiger partial charge is 0.410 e. The van der Waals surface area contributed by atoms with Crippen molar-refractivity contribution in [1.29, 1.82) is 0 Å². The van der Waals surface area contributed by atoms with Gasteiger partial charge in [0.05, 0.1) is 25.8 Å². The van der Waals surface area contributed by atoms with Crippen LogP contribution in [0, 0.1) is 6.92 Å². The zero-order valence-electron chi connectivity index (χ0n) is 14.6. The molecule has 0 aliphatic carbocycles. The zero-order valence-corrected chi connectivity index (χ0v) is 15.4.